The van der Waals surface area contributed by atoms with Crippen molar-refractivity contribution in [3.05, 3.63) is 83.2 Å². The van der Waals surface area contributed by atoms with Crippen molar-refractivity contribution in [2.45, 2.75) is 13.3 Å². The molecule has 0 atom stereocenters. The maximum absolute atomic E-state index is 15.5. The topological polar surface area (TPSA) is 72.6 Å². The van der Waals surface area contributed by atoms with E-state index in [9.17, 15) is 9.59 Å². The number of Topliss-reactive ketones (excluding diaryl/α,β-unsaturated/α-hetero) is 1. The average molecular weight is 406 g/mol. The highest BCUT2D eigenvalue weighted by Crippen LogP contribution is 2.35. The van der Waals surface area contributed by atoms with Crippen LogP contribution in [0, 0.1) is 5.82 Å². The van der Waals surface area contributed by atoms with Crippen molar-refractivity contribution in [2.24, 2.45) is 5.73 Å². The predicted octanol–water partition coefficient (Wildman–Crippen LogP) is 4.81. The Morgan fingerprint density at radius 2 is 1.77 bits per heavy atom. The number of ether oxygens (including phenoxy) is 1. The first-order chi connectivity index (χ1) is 14.3. The fraction of sp³-hybridized carbons (Fsp3) is 0.167. The third-order valence-electron chi connectivity index (χ3n) is 5.01. The van der Waals surface area contributed by atoms with Gasteiger partial charge in [-0.15, -0.1) is 0 Å². The minimum atomic E-state index is -0.554. The Balaban J connectivity index is 1.98. The molecular weight excluding hydrogens is 383 g/mol. The number of anilines is 1. The summed E-state index contributed by atoms with van der Waals surface area (Å²) in [4.78, 5) is 24.4. The number of ketones is 1. The Hall–Kier alpha value is -3.67. The molecule has 2 amide bonds. The van der Waals surface area contributed by atoms with Gasteiger partial charge in [0.25, 0.3) is 0 Å². The lowest BCUT2D eigenvalue weighted by Crippen LogP contribution is -2.31. The van der Waals surface area contributed by atoms with Gasteiger partial charge >= 0.3 is 6.03 Å². The van der Waals surface area contributed by atoms with Gasteiger partial charge in [-0.05, 0) is 47.9 Å². The second kappa shape index (κ2) is 8.78. The number of hydrogen-bond donors (Lipinski definition) is 1. The van der Waals surface area contributed by atoms with E-state index in [-0.39, 0.29) is 5.78 Å². The zero-order chi connectivity index (χ0) is 21.8. The molecule has 30 heavy (non-hydrogen) atoms. The van der Waals surface area contributed by atoms with Gasteiger partial charge in [-0.2, -0.15) is 0 Å². The highest BCUT2D eigenvalue weighted by atomic mass is 19.1. The third-order valence-corrected chi connectivity index (χ3v) is 5.01. The van der Waals surface area contributed by atoms with Crippen molar-refractivity contribution in [1.82, 2.24) is 0 Å². The maximum atomic E-state index is 15.5. The van der Waals surface area contributed by atoms with Gasteiger partial charge in [0, 0.05) is 24.7 Å². The fourth-order valence-corrected chi connectivity index (χ4v) is 3.26. The van der Waals surface area contributed by atoms with Crippen LogP contribution in [0.15, 0.2) is 60.7 Å². The SMILES string of the molecule is COc1ccc(Cc2ccc(N(C)C(N)=O)cc2)c(F)c1-c1cccc(C(C)=O)c1. The van der Waals surface area contributed by atoms with Crippen molar-refractivity contribution in [1.29, 1.82) is 0 Å². The molecule has 0 bridgehead atoms. The lowest BCUT2D eigenvalue weighted by molar-refractivity contribution is 0.101. The summed E-state index contributed by atoms with van der Waals surface area (Å²) in [6.07, 6.45) is 0.357. The Bertz CT molecular complexity index is 1090. The second-order valence-electron chi connectivity index (χ2n) is 6.99. The van der Waals surface area contributed by atoms with E-state index in [0.29, 0.717) is 40.1 Å². The number of primary amides is 1. The summed E-state index contributed by atoms with van der Waals surface area (Å²) in [5, 5.41) is 0. The summed E-state index contributed by atoms with van der Waals surface area (Å²) >= 11 is 0. The normalized spacial score (nSPS) is 10.5. The van der Waals surface area contributed by atoms with Gasteiger partial charge in [0.05, 0.1) is 12.7 Å². The number of carbonyl (C=O) groups excluding carboxylic acids is 2. The van der Waals surface area contributed by atoms with E-state index in [2.05, 4.69) is 0 Å². The van der Waals surface area contributed by atoms with Gasteiger partial charge in [-0.3, -0.25) is 9.69 Å². The number of rotatable bonds is 6. The Morgan fingerprint density at radius 3 is 2.37 bits per heavy atom. The third kappa shape index (κ3) is 4.33. The molecule has 0 unspecified atom stereocenters. The molecule has 6 heteroatoms. The molecule has 154 valence electrons. The van der Waals surface area contributed by atoms with Crippen molar-refractivity contribution in [3.63, 3.8) is 0 Å². The minimum Gasteiger partial charge on any atom is -0.496 e. The van der Waals surface area contributed by atoms with Gasteiger partial charge in [-0.25, -0.2) is 9.18 Å². The molecule has 0 heterocycles. The number of benzene rings is 3. The lowest BCUT2D eigenvalue weighted by atomic mass is 9.95. The van der Waals surface area contributed by atoms with E-state index in [1.54, 1.807) is 55.6 Å². The van der Waals surface area contributed by atoms with Gasteiger partial charge in [0.1, 0.15) is 11.6 Å². The van der Waals surface area contributed by atoms with Crippen LogP contribution in [0.2, 0.25) is 0 Å². The smallest absolute Gasteiger partial charge is 0.318 e. The number of carbonyl (C=O) groups is 2. The molecular formula is C24H23FN2O3. The Kier molecular flexibility index (Phi) is 6.16. The molecule has 0 aliphatic carbocycles. The zero-order valence-corrected chi connectivity index (χ0v) is 17.1. The van der Waals surface area contributed by atoms with Gasteiger partial charge in [0.15, 0.2) is 5.78 Å². The van der Waals surface area contributed by atoms with E-state index in [4.69, 9.17) is 10.5 Å². The molecule has 0 fully saturated rings. The molecule has 0 radical (unpaired) electrons. The van der Waals surface area contributed by atoms with Crippen molar-refractivity contribution in [2.75, 3.05) is 19.1 Å². The number of nitrogens with two attached hydrogens (primary N) is 1. The van der Waals surface area contributed by atoms with E-state index in [1.165, 1.54) is 18.9 Å². The number of urea groups is 1. The molecule has 0 aliphatic heterocycles. The molecule has 2 N–H and O–H groups in total. The van der Waals surface area contributed by atoms with E-state index >= 15 is 4.39 Å². The molecule has 0 aliphatic rings. The number of amides is 2. The zero-order valence-electron chi connectivity index (χ0n) is 17.1. The summed E-state index contributed by atoms with van der Waals surface area (Å²) < 4.78 is 20.9. The summed E-state index contributed by atoms with van der Waals surface area (Å²) in [6.45, 7) is 1.47. The predicted molar refractivity (Wildman–Crippen MR) is 116 cm³/mol. The summed E-state index contributed by atoms with van der Waals surface area (Å²) in [6, 6.07) is 16.9. The van der Waals surface area contributed by atoms with Gasteiger partial charge < -0.3 is 10.5 Å². The van der Waals surface area contributed by atoms with Gasteiger partial charge in [0.2, 0.25) is 0 Å². The molecule has 0 saturated heterocycles. The van der Waals surface area contributed by atoms with Crippen molar-refractivity contribution in [3.8, 4) is 16.9 Å². The Labute approximate surface area is 174 Å². The van der Waals surface area contributed by atoms with E-state index < -0.39 is 11.8 Å². The number of halogens is 1. The second-order valence-corrected chi connectivity index (χ2v) is 6.99. The van der Waals surface area contributed by atoms with Crippen LogP contribution in [0.3, 0.4) is 0 Å². The molecule has 0 spiro atoms. The maximum Gasteiger partial charge on any atom is 0.318 e. The highest BCUT2D eigenvalue weighted by Gasteiger charge is 2.17. The van der Waals surface area contributed by atoms with Crippen molar-refractivity contribution >= 4 is 17.5 Å². The first-order valence-corrected chi connectivity index (χ1v) is 9.40. The minimum absolute atomic E-state index is 0.0894. The summed E-state index contributed by atoms with van der Waals surface area (Å²) in [5.74, 6) is -0.0860. The monoisotopic (exact) mass is 406 g/mol. The van der Waals surface area contributed by atoms with Crippen molar-refractivity contribution < 1.29 is 18.7 Å². The standard InChI is InChI=1S/C24H23FN2O3/c1-15(28)17-5-4-6-18(14-17)22-21(30-3)12-9-19(23(22)25)13-16-7-10-20(11-8-16)27(2)24(26)29/h4-12,14H,13H2,1-3H3,(H2,26,29). The fourth-order valence-electron chi connectivity index (χ4n) is 3.26. The van der Waals surface area contributed by atoms with Crippen LogP contribution in [0.5, 0.6) is 5.75 Å². The van der Waals surface area contributed by atoms with Crippen LogP contribution in [-0.2, 0) is 6.42 Å². The summed E-state index contributed by atoms with van der Waals surface area (Å²) in [7, 11) is 3.07. The largest absolute Gasteiger partial charge is 0.496 e. The molecule has 3 rings (SSSR count). The number of methoxy groups -OCH3 is 1. The molecule has 3 aromatic carbocycles. The van der Waals surface area contributed by atoms with Crippen LogP contribution in [0.1, 0.15) is 28.4 Å². The lowest BCUT2D eigenvalue weighted by Gasteiger charge is -2.16. The number of hydrogen-bond acceptors (Lipinski definition) is 3. The van der Waals surface area contributed by atoms with Gasteiger partial charge in [-0.1, -0.05) is 36.4 Å². The molecule has 0 aromatic heterocycles. The van der Waals surface area contributed by atoms with Crippen LogP contribution in [-0.4, -0.2) is 26.0 Å². The quantitative estimate of drug-likeness (QED) is 0.597. The van der Waals surface area contributed by atoms with Crippen LogP contribution in [0.25, 0.3) is 11.1 Å². The Morgan fingerprint density at radius 1 is 1.07 bits per heavy atom. The molecule has 0 saturated carbocycles. The average Bonchev–Trinajstić information content (AvgIpc) is 2.75. The molecule has 5 nitrogen and oxygen atoms in total. The number of nitrogens with zero attached hydrogens (tertiary/aromatic N) is 1. The first kappa shape index (κ1) is 21.0. The van der Waals surface area contributed by atoms with Crippen LogP contribution in [0.4, 0.5) is 14.9 Å². The highest BCUT2D eigenvalue weighted by molar-refractivity contribution is 5.95. The van der Waals surface area contributed by atoms with E-state index in [0.717, 1.165) is 5.56 Å². The van der Waals surface area contributed by atoms with Crippen LogP contribution < -0.4 is 15.4 Å². The first-order valence-electron chi connectivity index (χ1n) is 9.40. The van der Waals surface area contributed by atoms with E-state index in [1.807, 2.05) is 12.1 Å². The van der Waals surface area contributed by atoms with Crippen LogP contribution >= 0.6 is 0 Å². The summed E-state index contributed by atoms with van der Waals surface area (Å²) in [5.41, 5.74) is 8.72. The molecule has 3 aromatic rings.